The highest BCUT2D eigenvalue weighted by molar-refractivity contribution is 6.33. The molecule has 0 N–H and O–H groups in total. The maximum atomic E-state index is 13.1. The molecule has 1 aliphatic carbocycles. The van der Waals surface area contributed by atoms with Gasteiger partial charge in [-0.25, -0.2) is 4.39 Å². The van der Waals surface area contributed by atoms with Crippen molar-refractivity contribution >= 4 is 17.9 Å². The van der Waals surface area contributed by atoms with E-state index in [1.54, 1.807) is 12.3 Å². The van der Waals surface area contributed by atoms with Gasteiger partial charge in [-0.3, -0.25) is 9.48 Å². The Balaban J connectivity index is 2.05. The van der Waals surface area contributed by atoms with E-state index < -0.39 is 5.82 Å². The van der Waals surface area contributed by atoms with Crippen molar-refractivity contribution in [1.82, 2.24) is 9.78 Å². The maximum Gasteiger partial charge on any atom is 0.153 e. The molecule has 20 heavy (non-hydrogen) atoms. The molecule has 0 amide bonds. The van der Waals surface area contributed by atoms with Gasteiger partial charge in [0.05, 0.1) is 16.6 Å². The minimum Gasteiger partial charge on any atom is -0.298 e. The molecule has 0 saturated heterocycles. The van der Waals surface area contributed by atoms with Gasteiger partial charge in [0.15, 0.2) is 6.29 Å². The molecule has 1 saturated carbocycles. The zero-order chi connectivity index (χ0) is 14.3. The molecule has 3 rings (SSSR count). The fourth-order valence-corrected chi connectivity index (χ4v) is 2.64. The number of hydrogen-bond donors (Lipinski definition) is 0. The molecule has 2 aromatic rings. The zero-order valence-corrected chi connectivity index (χ0v) is 11.8. The molecule has 1 atom stereocenters. The van der Waals surface area contributed by atoms with Gasteiger partial charge in [0.2, 0.25) is 0 Å². The average molecular weight is 293 g/mol. The van der Waals surface area contributed by atoms with Gasteiger partial charge in [-0.05, 0) is 43.9 Å². The van der Waals surface area contributed by atoms with Gasteiger partial charge in [-0.1, -0.05) is 11.6 Å². The summed E-state index contributed by atoms with van der Waals surface area (Å²) >= 11 is 6.05. The molecule has 0 aliphatic heterocycles. The Kier molecular flexibility index (Phi) is 3.34. The first-order valence-electron chi connectivity index (χ1n) is 6.60. The van der Waals surface area contributed by atoms with Crippen molar-refractivity contribution in [3.05, 3.63) is 40.8 Å². The summed E-state index contributed by atoms with van der Waals surface area (Å²) in [6.07, 6.45) is 4.90. The van der Waals surface area contributed by atoms with Crippen LogP contribution in [0.2, 0.25) is 5.02 Å². The quantitative estimate of drug-likeness (QED) is 0.794. The molecular formula is C15H14ClFN2O. The van der Waals surface area contributed by atoms with E-state index in [1.165, 1.54) is 25.0 Å². The number of carbonyl (C=O) groups is 1. The van der Waals surface area contributed by atoms with Gasteiger partial charge in [0, 0.05) is 11.8 Å². The van der Waals surface area contributed by atoms with Gasteiger partial charge in [-0.15, -0.1) is 0 Å². The first-order valence-corrected chi connectivity index (χ1v) is 6.97. The van der Waals surface area contributed by atoms with Crippen LogP contribution in [0.4, 0.5) is 4.39 Å². The highest BCUT2D eigenvalue weighted by atomic mass is 35.5. The molecule has 0 radical (unpaired) electrons. The normalized spacial score (nSPS) is 16.1. The summed E-state index contributed by atoms with van der Waals surface area (Å²) in [6.45, 7) is 2.09. The minimum absolute atomic E-state index is 0.262. The van der Waals surface area contributed by atoms with E-state index >= 15 is 0 Å². The van der Waals surface area contributed by atoms with Crippen molar-refractivity contribution in [2.45, 2.75) is 25.8 Å². The summed E-state index contributed by atoms with van der Waals surface area (Å²) in [5.41, 5.74) is 1.57. The van der Waals surface area contributed by atoms with Crippen LogP contribution in [0.15, 0.2) is 24.4 Å². The maximum absolute atomic E-state index is 13.1. The SMILES string of the molecule is CC(C1CC1)n1cc(C=O)c(-c2ccc(F)cc2Cl)n1. The number of nitrogens with zero attached hydrogens (tertiary/aromatic N) is 2. The molecule has 1 unspecified atom stereocenters. The number of halogens is 2. The second-order valence-corrected chi connectivity index (χ2v) is 5.64. The minimum atomic E-state index is -0.405. The molecule has 1 aliphatic rings. The van der Waals surface area contributed by atoms with Crippen molar-refractivity contribution in [2.24, 2.45) is 5.92 Å². The Hall–Kier alpha value is -1.68. The highest BCUT2D eigenvalue weighted by Gasteiger charge is 2.30. The monoisotopic (exact) mass is 292 g/mol. The second kappa shape index (κ2) is 5.02. The Bertz CT molecular complexity index is 664. The third-order valence-corrected chi connectivity index (χ3v) is 4.11. The predicted octanol–water partition coefficient (Wildman–Crippen LogP) is 4.13. The first-order chi connectivity index (χ1) is 9.60. The number of hydrogen-bond acceptors (Lipinski definition) is 2. The summed E-state index contributed by atoms with van der Waals surface area (Å²) in [6, 6.07) is 4.37. The van der Waals surface area contributed by atoms with Crippen LogP contribution in [0.1, 0.15) is 36.2 Å². The van der Waals surface area contributed by atoms with Gasteiger partial charge in [0.1, 0.15) is 11.5 Å². The number of rotatable bonds is 4. The van der Waals surface area contributed by atoms with E-state index in [0.717, 1.165) is 6.29 Å². The summed E-state index contributed by atoms with van der Waals surface area (Å²) in [7, 11) is 0. The predicted molar refractivity (Wildman–Crippen MR) is 75.5 cm³/mol. The molecule has 0 bridgehead atoms. The van der Waals surface area contributed by atoms with Crippen LogP contribution in [0.5, 0.6) is 0 Å². The molecule has 5 heteroatoms. The number of carbonyl (C=O) groups excluding carboxylic acids is 1. The topological polar surface area (TPSA) is 34.9 Å². The zero-order valence-electron chi connectivity index (χ0n) is 11.0. The Morgan fingerprint density at radius 1 is 1.50 bits per heavy atom. The van der Waals surface area contributed by atoms with Crippen molar-refractivity contribution in [3.8, 4) is 11.3 Å². The number of aromatic nitrogens is 2. The van der Waals surface area contributed by atoms with Crippen LogP contribution >= 0.6 is 11.6 Å². The second-order valence-electron chi connectivity index (χ2n) is 5.23. The van der Waals surface area contributed by atoms with E-state index in [-0.39, 0.29) is 11.1 Å². The number of benzene rings is 1. The van der Waals surface area contributed by atoms with Crippen LogP contribution < -0.4 is 0 Å². The third kappa shape index (κ3) is 2.36. The smallest absolute Gasteiger partial charge is 0.153 e. The highest BCUT2D eigenvalue weighted by Crippen LogP contribution is 2.40. The van der Waals surface area contributed by atoms with Gasteiger partial charge < -0.3 is 0 Å². The summed E-state index contributed by atoms with van der Waals surface area (Å²) in [4.78, 5) is 11.2. The lowest BCUT2D eigenvalue weighted by molar-refractivity contribution is 0.112. The fraction of sp³-hybridized carbons (Fsp3) is 0.333. The van der Waals surface area contributed by atoms with Gasteiger partial charge in [0.25, 0.3) is 0 Å². The van der Waals surface area contributed by atoms with Crippen LogP contribution in [-0.2, 0) is 0 Å². The number of aldehydes is 1. The largest absolute Gasteiger partial charge is 0.298 e. The Morgan fingerprint density at radius 2 is 2.25 bits per heavy atom. The molecule has 104 valence electrons. The van der Waals surface area contributed by atoms with E-state index in [9.17, 15) is 9.18 Å². The molecule has 0 spiro atoms. The first kappa shape index (κ1) is 13.3. The van der Waals surface area contributed by atoms with Crippen molar-refractivity contribution in [2.75, 3.05) is 0 Å². The van der Waals surface area contributed by atoms with Crippen LogP contribution in [0.3, 0.4) is 0 Å². The average Bonchev–Trinajstić information content (AvgIpc) is 3.18. The Morgan fingerprint density at radius 3 is 2.85 bits per heavy atom. The molecular weight excluding hydrogens is 279 g/mol. The lowest BCUT2D eigenvalue weighted by Crippen LogP contribution is -2.07. The standard InChI is InChI=1S/C15H14ClFN2O/c1-9(10-2-3-10)19-7-11(8-20)15(18-19)13-5-4-12(17)6-14(13)16/h4-10H,2-3H2,1H3. The lowest BCUT2D eigenvalue weighted by Gasteiger charge is -2.10. The summed E-state index contributed by atoms with van der Waals surface area (Å²) in [5.74, 6) is 0.225. The molecule has 1 fully saturated rings. The van der Waals surface area contributed by atoms with Crippen LogP contribution in [0.25, 0.3) is 11.3 Å². The van der Waals surface area contributed by atoms with E-state index in [4.69, 9.17) is 11.6 Å². The molecule has 1 aromatic heterocycles. The van der Waals surface area contributed by atoms with Gasteiger partial charge in [-0.2, -0.15) is 5.10 Å². The van der Waals surface area contributed by atoms with Crippen molar-refractivity contribution < 1.29 is 9.18 Å². The Labute approximate surface area is 121 Å². The molecule has 1 heterocycles. The molecule has 3 nitrogen and oxygen atoms in total. The van der Waals surface area contributed by atoms with Gasteiger partial charge >= 0.3 is 0 Å². The van der Waals surface area contributed by atoms with Crippen LogP contribution in [0, 0.1) is 11.7 Å². The van der Waals surface area contributed by atoms with E-state index in [0.29, 0.717) is 22.7 Å². The van der Waals surface area contributed by atoms with Crippen molar-refractivity contribution in [3.63, 3.8) is 0 Å². The summed E-state index contributed by atoms with van der Waals surface area (Å²) < 4.78 is 14.9. The van der Waals surface area contributed by atoms with E-state index in [2.05, 4.69) is 12.0 Å². The fourth-order valence-electron chi connectivity index (χ4n) is 2.39. The van der Waals surface area contributed by atoms with E-state index in [1.807, 2.05) is 4.68 Å². The molecule has 1 aromatic carbocycles. The summed E-state index contributed by atoms with van der Waals surface area (Å²) in [5, 5.41) is 4.74. The van der Waals surface area contributed by atoms with Crippen LogP contribution in [-0.4, -0.2) is 16.1 Å². The van der Waals surface area contributed by atoms with Crippen molar-refractivity contribution in [1.29, 1.82) is 0 Å². The third-order valence-electron chi connectivity index (χ3n) is 3.79. The lowest BCUT2D eigenvalue weighted by atomic mass is 10.1.